The van der Waals surface area contributed by atoms with Gasteiger partial charge in [-0.25, -0.2) is 0 Å². The Morgan fingerprint density at radius 1 is 1.14 bits per heavy atom. The summed E-state index contributed by atoms with van der Waals surface area (Å²) in [6.07, 6.45) is 0. The van der Waals surface area contributed by atoms with E-state index in [1.165, 1.54) is 0 Å². The van der Waals surface area contributed by atoms with Gasteiger partial charge in [0.2, 0.25) is 0 Å². The number of hydrogen-bond donors (Lipinski definition) is 2. The van der Waals surface area contributed by atoms with Gasteiger partial charge in [-0.3, -0.25) is 4.79 Å². The van der Waals surface area contributed by atoms with E-state index in [1.807, 2.05) is 18.2 Å². The molecule has 0 fully saturated rings. The number of carbonyl (C=O) groups excluding carboxylic acids is 1. The number of nitrogens with two attached hydrogens (primary N) is 1. The second-order valence-corrected chi connectivity index (χ2v) is 5.21. The van der Waals surface area contributed by atoms with E-state index in [4.69, 9.17) is 33.7 Å². The molecule has 0 saturated heterocycles. The molecule has 21 heavy (non-hydrogen) atoms. The first-order valence-electron chi connectivity index (χ1n) is 6.23. The molecular weight excluding hydrogens is 311 g/mol. The predicted octanol–water partition coefficient (Wildman–Crippen LogP) is 3.47. The summed E-state index contributed by atoms with van der Waals surface area (Å²) in [6, 6.07) is 12.6. The van der Waals surface area contributed by atoms with Gasteiger partial charge in [-0.1, -0.05) is 29.3 Å². The molecule has 0 spiro atoms. The van der Waals surface area contributed by atoms with Crippen LogP contribution in [0.15, 0.2) is 42.5 Å². The van der Waals surface area contributed by atoms with Crippen molar-refractivity contribution in [1.82, 2.24) is 0 Å². The third kappa shape index (κ3) is 4.85. The number of nitrogens with one attached hydrogen (secondary N) is 1. The van der Waals surface area contributed by atoms with Crippen molar-refractivity contribution in [2.75, 3.05) is 11.9 Å². The topological polar surface area (TPSA) is 64.4 Å². The third-order valence-electron chi connectivity index (χ3n) is 2.73. The summed E-state index contributed by atoms with van der Waals surface area (Å²) in [5.41, 5.74) is 6.87. The lowest BCUT2D eigenvalue weighted by atomic mass is 10.2. The predicted molar refractivity (Wildman–Crippen MR) is 84.9 cm³/mol. The number of amides is 1. The van der Waals surface area contributed by atoms with E-state index in [9.17, 15) is 4.79 Å². The fraction of sp³-hybridized carbons (Fsp3) is 0.133. The number of halogens is 2. The number of primary amides is 1. The van der Waals surface area contributed by atoms with Crippen LogP contribution in [0.1, 0.15) is 5.56 Å². The highest BCUT2D eigenvalue weighted by Crippen LogP contribution is 2.22. The molecule has 2 aromatic carbocycles. The zero-order valence-electron chi connectivity index (χ0n) is 11.1. The van der Waals surface area contributed by atoms with E-state index in [0.29, 0.717) is 22.3 Å². The molecule has 0 aromatic heterocycles. The van der Waals surface area contributed by atoms with E-state index >= 15 is 0 Å². The molecule has 3 N–H and O–H groups in total. The summed E-state index contributed by atoms with van der Waals surface area (Å²) in [6.45, 7) is 0.449. The minimum atomic E-state index is -0.505. The molecule has 0 atom stereocenters. The van der Waals surface area contributed by atoms with Crippen LogP contribution in [0.5, 0.6) is 5.75 Å². The van der Waals surface area contributed by atoms with Gasteiger partial charge in [-0.15, -0.1) is 0 Å². The average Bonchev–Trinajstić information content (AvgIpc) is 2.45. The smallest absolute Gasteiger partial charge is 0.255 e. The van der Waals surface area contributed by atoms with Crippen LogP contribution in [0.3, 0.4) is 0 Å². The molecule has 0 aliphatic rings. The summed E-state index contributed by atoms with van der Waals surface area (Å²) < 4.78 is 5.18. The number of ether oxygens (including phenoxy) is 1. The fourth-order valence-corrected chi connectivity index (χ4v) is 2.16. The van der Waals surface area contributed by atoms with Crippen LogP contribution in [-0.4, -0.2) is 12.5 Å². The first-order chi connectivity index (χ1) is 10.0. The second kappa shape index (κ2) is 7.20. The van der Waals surface area contributed by atoms with Crippen LogP contribution >= 0.6 is 23.2 Å². The van der Waals surface area contributed by atoms with Crippen LogP contribution < -0.4 is 15.8 Å². The van der Waals surface area contributed by atoms with Crippen molar-refractivity contribution in [3.63, 3.8) is 0 Å². The lowest BCUT2D eigenvalue weighted by molar-refractivity contribution is -0.119. The Bertz CT molecular complexity index is 630. The van der Waals surface area contributed by atoms with Gasteiger partial charge < -0.3 is 15.8 Å². The van der Waals surface area contributed by atoms with E-state index in [-0.39, 0.29) is 6.61 Å². The summed E-state index contributed by atoms with van der Waals surface area (Å²) in [7, 11) is 0. The zero-order chi connectivity index (χ0) is 15.2. The maximum atomic E-state index is 10.6. The highest BCUT2D eigenvalue weighted by atomic mass is 35.5. The molecule has 110 valence electrons. The Kier molecular flexibility index (Phi) is 5.31. The summed E-state index contributed by atoms with van der Waals surface area (Å²) in [5, 5.41) is 4.47. The number of rotatable bonds is 6. The van der Waals surface area contributed by atoms with Crippen LogP contribution in [0.2, 0.25) is 10.0 Å². The molecule has 0 unspecified atom stereocenters. The van der Waals surface area contributed by atoms with Gasteiger partial charge in [0.25, 0.3) is 5.91 Å². The first kappa shape index (κ1) is 15.5. The van der Waals surface area contributed by atoms with Crippen molar-refractivity contribution in [2.24, 2.45) is 5.73 Å². The van der Waals surface area contributed by atoms with Gasteiger partial charge in [0, 0.05) is 22.3 Å². The van der Waals surface area contributed by atoms with Gasteiger partial charge in [-0.05, 0) is 42.0 Å². The average molecular weight is 325 g/mol. The van der Waals surface area contributed by atoms with Crippen molar-refractivity contribution < 1.29 is 9.53 Å². The molecular formula is C15H14Cl2N2O2. The Labute approximate surface area is 132 Å². The fourth-order valence-electron chi connectivity index (χ4n) is 1.69. The minimum absolute atomic E-state index is 0.132. The molecule has 2 rings (SSSR count). The molecule has 0 aliphatic heterocycles. The maximum absolute atomic E-state index is 10.6. The summed E-state index contributed by atoms with van der Waals surface area (Å²) >= 11 is 12.0. The van der Waals surface area contributed by atoms with E-state index < -0.39 is 5.91 Å². The molecule has 0 aliphatic carbocycles. The van der Waals surface area contributed by atoms with Gasteiger partial charge in [0.1, 0.15) is 5.75 Å². The van der Waals surface area contributed by atoms with Gasteiger partial charge in [-0.2, -0.15) is 0 Å². The normalized spacial score (nSPS) is 10.2. The third-order valence-corrected chi connectivity index (χ3v) is 3.32. The Morgan fingerprint density at radius 3 is 2.48 bits per heavy atom. The number of carbonyl (C=O) groups is 1. The van der Waals surface area contributed by atoms with Gasteiger partial charge in [0.05, 0.1) is 0 Å². The lowest BCUT2D eigenvalue weighted by Gasteiger charge is -2.09. The monoisotopic (exact) mass is 324 g/mol. The van der Waals surface area contributed by atoms with Crippen molar-refractivity contribution in [3.05, 3.63) is 58.1 Å². The molecule has 0 bridgehead atoms. The molecule has 1 amide bonds. The number of hydrogen-bond acceptors (Lipinski definition) is 3. The summed E-state index contributed by atoms with van der Waals surface area (Å²) in [5.74, 6) is 0.0819. The largest absolute Gasteiger partial charge is 0.484 e. The lowest BCUT2D eigenvalue weighted by Crippen LogP contribution is -2.19. The Hall–Kier alpha value is -1.91. The Balaban J connectivity index is 1.92. The summed E-state index contributed by atoms with van der Waals surface area (Å²) in [4.78, 5) is 10.6. The van der Waals surface area contributed by atoms with Gasteiger partial charge in [0.15, 0.2) is 6.61 Å². The molecule has 0 heterocycles. The van der Waals surface area contributed by atoms with Crippen LogP contribution in [0, 0.1) is 0 Å². The van der Waals surface area contributed by atoms with Crippen LogP contribution in [-0.2, 0) is 11.3 Å². The zero-order valence-corrected chi connectivity index (χ0v) is 12.6. The molecule has 2 aromatic rings. The number of anilines is 1. The second-order valence-electron chi connectivity index (χ2n) is 4.37. The van der Waals surface area contributed by atoms with E-state index in [1.54, 1.807) is 24.3 Å². The van der Waals surface area contributed by atoms with Crippen molar-refractivity contribution >= 4 is 34.8 Å². The maximum Gasteiger partial charge on any atom is 0.255 e. The van der Waals surface area contributed by atoms with Crippen LogP contribution in [0.25, 0.3) is 0 Å². The quantitative estimate of drug-likeness (QED) is 0.855. The standard InChI is InChI=1S/C15H14Cl2N2O2/c16-11-2-1-10(14(17)7-11)8-19-12-3-5-13(6-4-12)21-9-15(18)20/h1-7,19H,8-9H2,(H2,18,20). The van der Waals surface area contributed by atoms with Crippen molar-refractivity contribution in [1.29, 1.82) is 0 Å². The number of benzene rings is 2. The molecule has 6 heteroatoms. The minimum Gasteiger partial charge on any atom is -0.484 e. The van der Waals surface area contributed by atoms with E-state index in [2.05, 4.69) is 5.32 Å². The van der Waals surface area contributed by atoms with Crippen molar-refractivity contribution in [3.8, 4) is 5.75 Å². The molecule has 0 saturated carbocycles. The van der Waals surface area contributed by atoms with Crippen molar-refractivity contribution in [2.45, 2.75) is 6.54 Å². The van der Waals surface area contributed by atoms with E-state index in [0.717, 1.165) is 11.3 Å². The highest BCUT2D eigenvalue weighted by Gasteiger charge is 2.02. The Morgan fingerprint density at radius 2 is 1.86 bits per heavy atom. The van der Waals surface area contributed by atoms with Crippen LogP contribution in [0.4, 0.5) is 5.69 Å². The molecule has 4 nitrogen and oxygen atoms in total. The highest BCUT2D eigenvalue weighted by molar-refractivity contribution is 6.35. The molecule has 0 radical (unpaired) electrons. The van der Waals surface area contributed by atoms with Gasteiger partial charge >= 0.3 is 0 Å². The first-order valence-corrected chi connectivity index (χ1v) is 6.99. The SMILES string of the molecule is NC(=O)COc1ccc(NCc2ccc(Cl)cc2Cl)cc1.